The monoisotopic (exact) mass is 1390 g/mol. The molecule has 550 valence electrons. The highest BCUT2D eigenvalue weighted by molar-refractivity contribution is 6.12. The van der Waals surface area contributed by atoms with E-state index in [1.54, 1.807) is 61.9 Å². The van der Waals surface area contributed by atoms with E-state index < -0.39 is 90.3 Å². The van der Waals surface area contributed by atoms with Gasteiger partial charge >= 0.3 is 12.1 Å². The number of likely N-dealkylation sites (N-methyl/N-ethyl adjacent to an activating group) is 2. The van der Waals surface area contributed by atoms with Gasteiger partial charge in [-0.05, 0) is 105 Å². The van der Waals surface area contributed by atoms with Crippen molar-refractivity contribution in [2.45, 2.75) is 194 Å². The van der Waals surface area contributed by atoms with E-state index in [1.165, 1.54) is 26.4 Å². The number of nitrogens with zero attached hydrogens (tertiary/aromatic N) is 4. The van der Waals surface area contributed by atoms with Crippen LogP contribution in [0.4, 0.5) is 15.3 Å². The van der Waals surface area contributed by atoms with Crippen LogP contribution in [0.3, 0.4) is 0 Å². The SMILES string of the molecule is CC[C@H](C)[C@@H]([C@@H](CC(=O)N1CCC[C@H]1[C@H](OC)[C@@H](C)C(=O)N[C@H](c1ccccc1)[C@H](NC(=O)OCc1ccc(NC(=O)[C@H](CCCNC(N)=O)CC(=O)[C@@H](NC(=O)CCCCCN2C(=O)C=CC2=O)C(C)C)cc1)c1ccccc1)OC)N(C)C(=O)[C@@H](NC(=O)[C@H](C(C)C)N(C)C)C(C)C. The molecule has 5 rings (SSSR count). The zero-order chi connectivity index (χ0) is 73.9. The van der Waals surface area contributed by atoms with Gasteiger partial charge in [-0.15, -0.1) is 0 Å². The van der Waals surface area contributed by atoms with Crippen molar-refractivity contribution in [1.29, 1.82) is 0 Å². The molecule has 25 heteroatoms. The molecular formula is C75H111N11O14. The molecule has 2 heterocycles. The van der Waals surface area contributed by atoms with Gasteiger partial charge in [-0.1, -0.05) is 148 Å². The number of carbonyl (C=O) groups excluding carboxylic acids is 11. The second-order valence-electron chi connectivity index (χ2n) is 27.7. The van der Waals surface area contributed by atoms with Crippen LogP contribution in [0.15, 0.2) is 97.1 Å². The van der Waals surface area contributed by atoms with Crippen molar-refractivity contribution in [1.82, 2.24) is 46.2 Å². The molecule has 2 aliphatic heterocycles. The Morgan fingerprint density at radius 3 is 1.80 bits per heavy atom. The largest absolute Gasteiger partial charge is 0.445 e. The minimum Gasteiger partial charge on any atom is -0.445 e. The maximum Gasteiger partial charge on any atom is 0.408 e. The summed E-state index contributed by atoms with van der Waals surface area (Å²) >= 11 is 0. The summed E-state index contributed by atoms with van der Waals surface area (Å²) in [7, 11) is 8.44. The lowest BCUT2D eigenvalue weighted by Gasteiger charge is -2.41. The Bertz CT molecular complexity index is 3200. The maximum absolute atomic E-state index is 14.9. The molecule has 2 aliphatic rings. The van der Waals surface area contributed by atoms with Gasteiger partial charge in [-0.2, -0.15) is 0 Å². The molecule has 3 aromatic rings. The molecule has 0 spiro atoms. The number of methoxy groups -OCH3 is 2. The predicted octanol–water partition coefficient (Wildman–Crippen LogP) is 7.75. The van der Waals surface area contributed by atoms with E-state index >= 15 is 0 Å². The lowest BCUT2D eigenvalue weighted by Crippen LogP contribution is -2.59. The van der Waals surface area contributed by atoms with Crippen molar-refractivity contribution in [3.05, 3.63) is 114 Å². The van der Waals surface area contributed by atoms with E-state index in [0.717, 1.165) is 4.90 Å². The Labute approximate surface area is 590 Å². The minimum atomic E-state index is -0.891. The van der Waals surface area contributed by atoms with Crippen molar-refractivity contribution in [3.8, 4) is 0 Å². The van der Waals surface area contributed by atoms with Gasteiger partial charge in [-0.3, -0.25) is 53.0 Å². The first-order valence-electron chi connectivity index (χ1n) is 35.2. The van der Waals surface area contributed by atoms with E-state index in [1.807, 2.05) is 121 Å². The van der Waals surface area contributed by atoms with Crippen LogP contribution in [0.2, 0.25) is 0 Å². The summed E-state index contributed by atoms with van der Waals surface area (Å²) < 4.78 is 18.2. The topological polar surface area (TPSA) is 327 Å². The third-order valence-corrected chi connectivity index (χ3v) is 19.1. The molecule has 100 heavy (non-hydrogen) atoms. The highest BCUT2D eigenvalue weighted by Crippen LogP contribution is 2.34. The number of anilines is 1. The summed E-state index contributed by atoms with van der Waals surface area (Å²) in [5.74, 6) is -5.40. The van der Waals surface area contributed by atoms with Gasteiger partial charge in [0.15, 0.2) is 5.78 Å². The molecular weight excluding hydrogens is 1280 g/mol. The molecule has 1 saturated heterocycles. The quantitative estimate of drug-likeness (QED) is 0.0211. The van der Waals surface area contributed by atoms with Crippen molar-refractivity contribution in [2.75, 3.05) is 60.3 Å². The fourth-order valence-corrected chi connectivity index (χ4v) is 13.5. The lowest BCUT2D eigenvalue weighted by molar-refractivity contribution is -0.148. The summed E-state index contributed by atoms with van der Waals surface area (Å²) in [6.45, 7) is 17.7. The molecule has 0 radical (unpaired) electrons. The highest BCUT2D eigenvalue weighted by Gasteiger charge is 2.44. The van der Waals surface area contributed by atoms with E-state index in [4.69, 9.17) is 19.9 Å². The zero-order valence-electron chi connectivity index (χ0n) is 61.1. The molecule has 1 fully saturated rings. The molecule has 11 amide bonds. The van der Waals surface area contributed by atoms with E-state index in [9.17, 15) is 52.7 Å². The third-order valence-electron chi connectivity index (χ3n) is 19.1. The van der Waals surface area contributed by atoms with Crippen LogP contribution >= 0.6 is 0 Å². The van der Waals surface area contributed by atoms with Crippen LogP contribution in [0.5, 0.6) is 0 Å². The highest BCUT2D eigenvalue weighted by atomic mass is 16.5. The Morgan fingerprint density at radius 2 is 1.26 bits per heavy atom. The number of hydrogen-bond acceptors (Lipinski definition) is 15. The molecule has 0 bridgehead atoms. The number of urea groups is 1. The third kappa shape index (κ3) is 24.1. The molecule has 3 aromatic carbocycles. The van der Waals surface area contributed by atoms with Gasteiger partial charge in [0.05, 0.1) is 60.8 Å². The number of ether oxygens (including phenoxy) is 3. The molecule has 25 nitrogen and oxygen atoms in total. The number of likely N-dealkylation sites (tertiary alicyclic amines) is 1. The number of imide groups is 1. The van der Waals surface area contributed by atoms with E-state index in [-0.39, 0.29) is 110 Å². The number of nitrogens with two attached hydrogens (primary N) is 1. The van der Waals surface area contributed by atoms with Gasteiger partial charge in [-0.25, -0.2) is 9.59 Å². The maximum atomic E-state index is 14.9. The smallest absolute Gasteiger partial charge is 0.408 e. The molecule has 8 N–H and O–H groups in total. The average Bonchev–Trinajstić information content (AvgIpc) is 1.29. The van der Waals surface area contributed by atoms with E-state index in [0.29, 0.717) is 73.9 Å². The molecule has 0 unspecified atom stereocenters. The number of Topliss-reactive ketones (excluding diaryl/α,β-unsaturated/α-hetero) is 1. The predicted molar refractivity (Wildman–Crippen MR) is 381 cm³/mol. The second kappa shape index (κ2) is 40.6. The van der Waals surface area contributed by atoms with Gasteiger partial charge in [0.2, 0.25) is 35.4 Å². The fraction of sp³-hybridized carbons (Fsp3) is 0.587. The molecule has 0 saturated carbocycles. The number of hydrogen-bond donors (Lipinski definition) is 7. The minimum absolute atomic E-state index is 0.00843. The molecule has 12 atom stereocenters. The van der Waals surface area contributed by atoms with Crippen molar-refractivity contribution < 1.29 is 67.0 Å². The summed E-state index contributed by atoms with van der Waals surface area (Å²) in [6, 6.07) is 19.3. The Hall–Kier alpha value is -8.55. The standard InChI is InChI=1S/C75H111N11O14/c1-15-49(8)68(84(12)73(95)64(47(4)5)80-72(94)67(48(6)7)83(10)11)58(98-13)44-62(91)85-42-26-32-56(85)69(99-14)50(9)70(92)81-65(52-27-19-16-20-28-52)66(53-29-21-17-22-30-53)82-75(97)100-45-51-34-36-55(37-35-51)78-71(93)54(31-25-40-77-74(76)96)43-57(87)63(46(2)3)79-59(88)33-23-18-24-41-86-60(89)38-39-61(86)90/h16-17,19-22,27-30,34-39,46-50,54,56,58,63-69H,15,18,23-26,31-33,40-45H2,1-14H3,(H,78,93)(H,79,88)(H,80,94)(H,81,92)(H,82,97)(H3,76,77,96)/t49-,50+,54+,56-,58+,63-,64-,65+,66+,67-,68-,69+/m0/s1. The first-order chi connectivity index (χ1) is 47.5. The summed E-state index contributed by atoms with van der Waals surface area (Å²) in [4.78, 5) is 155. The lowest BCUT2D eigenvalue weighted by atomic mass is 9.89. The Balaban J connectivity index is 1.26. The number of amides is 11. The first-order valence-corrected chi connectivity index (χ1v) is 35.2. The van der Waals surface area contributed by atoms with E-state index in [2.05, 4.69) is 31.9 Å². The van der Waals surface area contributed by atoms with Crippen LogP contribution in [-0.4, -0.2) is 182 Å². The molecule has 0 aromatic heterocycles. The zero-order valence-corrected chi connectivity index (χ0v) is 61.1. The average molecular weight is 1390 g/mol. The Morgan fingerprint density at radius 1 is 0.660 bits per heavy atom. The van der Waals surface area contributed by atoms with Crippen molar-refractivity contribution in [3.63, 3.8) is 0 Å². The van der Waals surface area contributed by atoms with Crippen molar-refractivity contribution in [2.24, 2.45) is 41.2 Å². The number of carbonyl (C=O) groups is 11. The van der Waals surface area contributed by atoms with Crippen LogP contribution in [-0.2, 0) is 64.0 Å². The number of nitrogens with one attached hydrogen (secondary N) is 6. The first kappa shape index (κ1) is 82.1. The van der Waals surface area contributed by atoms with Crippen LogP contribution < -0.4 is 37.6 Å². The number of alkyl carbamates (subject to hydrolysis) is 1. The van der Waals surface area contributed by atoms with Crippen molar-refractivity contribution >= 4 is 70.9 Å². The van der Waals surface area contributed by atoms with Gasteiger partial charge in [0, 0.05) is 77.5 Å². The second-order valence-corrected chi connectivity index (χ2v) is 27.7. The number of unbranched alkanes of at least 4 members (excludes halogenated alkanes) is 2. The fourth-order valence-electron chi connectivity index (χ4n) is 13.5. The number of primary amides is 1. The Kier molecular flexibility index (Phi) is 33.4. The molecule has 0 aliphatic carbocycles. The summed E-state index contributed by atoms with van der Waals surface area (Å²) in [5, 5.41) is 17.6. The normalized spacial score (nSPS) is 17.1. The summed E-state index contributed by atoms with van der Waals surface area (Å²) in [6.07, 6.45) is 3.95. The van der Waals surface area contributed by atoms with Crippen LogP contribution in [0.25, 0.3) is 0 Å². The van der Waals surface area contributed by atoms with Gasteiger partial charge in [0.1, 0.15) is 12.6 Å². The summed E-state index contributed by atoms with van der Waals surface area (Å²) in [5.41, 5.74) is 7.58. The number of ketones is 1. The van der Waals surface area contributed by atoms with Crippen LogP contribution in [0.1, 0.15) is 162 Å². The van der Waals surface area contributed by atoms with Gasteiger partial charge in [0.25, 0.3) is 11.8 Å². The van der Waals surface area contributed by atoms with Crippen LogP contribution in [0, 0.1) is 35.5 Å². The van der Waals surface area contributed by atoms with Gasteiger partial charge < -0.3 is 61.6 Å². The number of benzene rings is 3. The number of rotatable bonds is 41.